The van der Waals surface area contributed by atoms with E-state index in [1.165, 1.54) is 18.5 Å². The van der Waals surface area contributed by atoms with E-state index in [4.69, 9.17) is 9.47 Å². The molecule has 0 bridgehead atoms. The predicted molar refractivity (Wildman–Crippen MR) is 155 cm³/mol. The van der Waals surface area contributed by atoms with Crippen molar-refractivity contribution in [2.24, 2.45) is 0 Å². The van der Waals surface area contributed by atoms with Crippen LogP contribution >= 0.6 is 0 Å². The number of nitrogens with one attached hydrogen (secondary N) is 1. The van der Waals surface area contributed by atoms with Crippen molar-refractivity contribution in [1.82, 2.24) is 15.0 Å². The largest absolute Gasteiger partial charge is 0.489 e. The number of benzene rings is 4. The molecule has 2 heterocycles. The molecule has 6 aromatic rings. The summed E-state index contributed by atoms with van der Waals surface area (Å²) >= 11 is 0. The molecule has 0 atom stereocenters. The molecule has 7 heteroatoms. The van der Waals surface area contributed by atoms with Gasteiger partial charge < -0.3 is 14.5 Å². The Balaban J connectivity index is 1.11. The van der Waals surface area contributed by atoms with Gasteiger partial charge in [-0.1, -0.05) is 54.6 Å². The Hall–Kier alpha value is -5.30. The minimum absolute atomic E-state index is 0.0115. The highest BCUT2D eigenvalue weighted by atomic mass is 19.1. The highest BCUT2D eigenvalue weighted by molar-refractivity contribution is 5.87. The Morgan fingerprint density at radius 2 is 1.46 bits per heavy atom. The first-order valence-electron chi connectivity index (χ1n) is 13.2. The first kappa shape index (κ1) is 26.0. The molecule has 0 unspecified atom stereocenters. The molecule has 202 valence electrons. The summed E-state index contributed by atoms with van der Waals surface area (Å²) in [7, 11) is 0. The fourth-order valence-corrected chi connectivity index (χ4v) is 4.58. The van der Waals surface area contributed by atoms with Crippen molar-refractivity contribution in [3.63, 3.8) is 0 Å². The maximum Gasteiger partial charge on any atom is 0.231 e. The normalized spacial score (nSPS) is 11.0. The highest BCUT2D eigenvalue weighted by Crippen LogP contribution is 2.31. The minimum atomic E-state index is -0.341. The molecule has 6 nitrogen and oxygen atoms in total. The lowest BCUT2D eigenvalue weighted by Gasteiger charge is -2.07. The molecular weight excluding hydrogens is 517 g/mol. The van der Waals surface area contributed by atoms with Crippen molar-refractivity contribution in [2.45, 2.75) is 19.4 Å². The summed E-state index contributed by atoms with van der Waals surface area (Å²) in [5.41, 5.74) is 5.16. The van der Waals surface area contributed by atoms with Gasteiger partial charge in [0.15, 0.2) is 0 Å². The van der Waals surface area contributed by atoms with Gasteiger partial charge in [-0.3, -0.25) is 4.79 Å². The van der Waals surface area contributed by atoms with Crippen LogP contribution < -0.4 is 9.47 Å². The molecule has 0 aliphatic rings. The maximum atomic E-state index is 13.4. The molecular formula is C34H26FN3O3. The lowest BCUT2D eigenvalue weighted by Crippen LogP contribution is -2.06. The number of halogens is 1. The number of rotatable bonds is 10. The van der Waals surface area contributed by atoms with Gasteiger partial charge in [0.1, 0.15) is 41.7 Å². The van der Waals surface area contributed by atoms with Crippen molar-refractivity contribution < 1.29 is 18.7 Å². The van der Waals surface area contributed by atoms with Gasteiger partial charge in [-0.15, -0.1) is 0 Å². The molecule has 1 N–H and O–H groups in total. The van der Waals surface area contributed by atoms with Crippen LogP contribution in [0, 0.1) is 5.82 Å². The fourth-order valence-electron chi connectivity index (χ4n) is 4.58. The van der Waals surface area contributed by atoms with Gasteiger partial charge in [0.2, 0.25) is 5.88 Å². The number of fused-ring (bicyclic) bond motifs is 1. The third-order valence-corrected chi connectivity index (χ3v) is 6.63. The number of carbonyl (C=O) groups is 1. The van der Waals surface area contributed by atoms with Crippen molar-refractivity contribution in [2.75, 3.05) is 0 Å². The summed E-state index contributed by atoms with van der Waals surface area (Å²) in [6.07, 6.45) is 1.90. The highest BCUT2D eigenvalue weighted by Gasteiger charge is 2.12. The maximum absolute atomic E-state index is 13.4. The average Bonchev–Trinajstić information content (AvgIpc) is 3.43. The number of ketones is 1. The SMILES string of the molecule is O=C(Cc1ccc(Oc2ncnc3[nH]c(-c4ccc(OCc5ccccc5)cc4)cc23)cc1)Cc1cccc(F)c1. The molecule has 0 fully saturated rings. The number of Topliss-reactive ketones (excluding diaryl/α,β-unsaturated/α-hetero) is 1. The number of H-pyrrole nitrogens is 1. The van der Waals surface area contributed by atoms with E-state index in [9.17, 15) is 9.18 Å². The fraction of sp³-hybridized carbons (Fsp3) is 0.0882. The van der Waals surface area contributed by atoms with E-state index in [-0.39, 0.29) is 24.4 Å². The van der Waals surface area contributed by atoms with Crippen molar-refractivity contribution in [1.29, 1.82) is 0 Å². The van der Waals surface area contributed by atoms with Crippen LogP contribution in [0.2, 0.25) is 0 Å². The first-order chi connectivity index (χ1) is 20.1. The van der Waals surface area contributed by atoms with Crippen molar-refractivity contribution in [3.8, 4) is 28.6 Å². The second-order valence-corrected chi connectivity index (χ2v) is 9.69. The van der Waals surface area contributed by atoms with Crippen LogP contribution in [0.1, 0.15) is 16.7 Å². The molecule has 0 saturated carbocycles. The number of aromatic amines is 1. The van der Waals surface area contributed by atoms with Crippen LogP contribution in [0.3, 0.4) is 0 Å². The van der Waals surface area contributed by atoms with E-state index in [2.05, 4.69) is 15.0 Å². The van der Waals surface area contributed by atoms with Crippen molar-refractivity contribution in [3.05, 3.63) is 138 Å². The molecule has 0 aliphatic carbocycles. The molecule has 0 aliphatic heterocycles. The van der Waals surface area contributed by atoms with E-state index >= 15 is 0 Å². The standard InChI is InChI=1S/C34H26FN3O3/c35-27-8-4-7-25(17-27)19-28(39)18-23-9-13-30(14-10-23)41-34-31-20-32(38-33(31)36-22-37-34)26-11-15-29(16-12-26)40-21-24-5-2-1-3-6-24/h1-17,20,22H,18-19,21H2,(H,36,37,38). The second kappa shape index (κ2) is 11.8. The predicted octanol–water partition coefficient (Wildman–Crippen LogP) is 7.49. The third kappa shape index (κ3) is 6.47. The Kier molecular flexibility index (Phi) is 7.49. The zero-order chi connectivity index (χ0) is 28.0. The topological polar surface area (TPSA) is 77.1 Å². The monoisotopic (exact) mass is 543 g/mol. The van der Waals surface area contributed by atoms with E-state index in [1.807, 2.05) is 72.8 Å². The second-order valence-electron chi connectivity index (χ2n) is 9.69. The number of nitrogens with zero attached hydrogens (tertiary/aromatic N) is 2. The third-order valence-electron chi connectivity index (χ3n) is 6.63. The van der Waals surface area contributed by atoms with E-state index in [0.717, 1.165) is 33.5 Å². The van der Waals surface area contributed by atoms with Crippen LogP contribution in [0.4, 0.5) is 4.39 Å². The van der Waals surface area contributed by atoms with Gasteiger partial charge in [-0.2, -0.15) is 0 Å². The van der Waals surface area contributed by atoms with Gasteiger partial charge in [0, 0.05) is 18.5 Å². The quantitative estimate of drug-likeness (QED) is 0.194. The van der Waals surface area contributed by atoms with E-state index < -0.39 is 0 Å². The summed E-state index contributed by atoms with van der Waals surface area (Å²) in [5.74, 6) is 1.48. The van der Waals surface area contributed by atoms with Crippen molar-refractivity contribution >= 4 is 16.8 Å². The molecule has 41 heavy (non-hydrogen) atoms. The summed E-state index contributed by atoms with van der Waals surface area (Å²) in [5, 5.41) is 0.751. The molecule has 0 radical (unpaired) electrons. The first-order valence-corrected chi connectivity index (χ1v) is 13.2. The van der Waals surface area contributed by atoms with Crippen LogP contribution in [-0.2, 0) is 24.2 Å². The number of hydrogen-bond acceptors (Lipinski definition) is 5. The van der Waals surface area contributed by atoms with Crippen LogP contribution in [0.25, 0.3) is 22.3 Å². The zero-order valence-electron chi connectivity index (χ0n) is 22.1. The molecule has 2 aromatic heterocycles. The van der Waals surface area contributed by atoms with Gasteiger partial charge in [0.05, 0.1) is 5.39 Å². The molecule has 0 spiro atoms. The Morgan fingerprint density at radius 3 is 2.24 bits per heavy atom. The van der Waals surface area contributed by atoms with Crippen LogP contribution in [-0.4, -0.2) is 20.7 Å². The summed E-state index contributed by atoms with van der Waals surface area (Å²) in [4.78, 5) is 24.5. The van der Waals surface area contributed by atoms with Gasteiger partial charge in [-0.05, 0) is 76.9 Å². The Bertz CT molecular complexity index is 1780. The van der Waals surface area contributed by atoms with Crippen LogP contribution in [0.5, 0.6) is 17.4 Å². The van der Waals surface area contributed by atoms with Crippen LogP contribution in [0.15, 0.2) is 116 Å². The lowest BCUT2D eigenvalue weighted by molar-refractivity contribution is -0.117. The van der Waals surface area contributed by atoms with Gasteiger partial charge in [0.25, 0.3) is 0 Å². The summed E-state index contributed by atoms with van der Waals surface area (Å²) in [6.45, 7) is 0.509. The number of aromatic nitrogens is 3. The minimum Gasteiger partial charge on any atom is -0.489 e. The number of ether oxygens (including phenoxy) is 2. The summed E-state index contributed by atoms with van der Waals surface area (Å²) in [6, 6.07) is 33.3. The average molecular weight is 544 g/mol. The molecule has 6 rings (SSSR count). The molecule has 0 saturated heterocycles. The number of hydrogen-bond donors (Lipinski definition) is 1. The van der Waals surface area contributed by atoms with E-state index in [1.54, 1.807) is 24.3 Å². The molecule has 4 aromatic carbocycles. The number of carbonyl (C=O) groups excluding carboxylic acids is 1. The Morgan fingerprint density at radius 1 is 0.732 bits per heavy atom. The van der Waals surface area contributed by atoms with Gasteiger partial charge in [-0.25, -0.2) is 14.4 Å². The zero-order valence-corrected chi connectivity index (χ0v) is 22.1. The smallest absolute Gasteiger partial charge is 0.231 e. The van der Waals surface area contributed by atoms with E-state index in [0.29, 0.717) is 29.4 Å². The lowest BCUT2D eigenvalue weighted by atomic mass is 10.0. The summed E-state index contributed by atoms with van der Waals surface area (Å²) < 4.78 is 25.4. The molecule has 0 amide bonds. The Labute approximate surface area is 236 Å². The van der Waals surface area contributed by atoms with Gasteiger partial charge >= 0.3 is 0 Å².